The van der Waals surface area contributed by atoms with Gasteiger partial charge in [0.2, 0.25) is 0 Å². The first-order valence-electron chi connectivity index (χ1n) is 13.6. The fourth-order valence-electron chi connectivity index (χ4n) is 5.48. The minimum Gasteiger partial charge on any atom is -0.463 e. The Morgan fingerprint density at radius 1 is 1.16 bits per heavy atom. The molecule has 10 heteroatoms. The number of H-pyrrole nitrogens is 1. The average Bonchev–Trinajstić information content (AvgIpc) is 3.57. The summed E-state index contributed by atoms with van der Waals surface area (Å²) in [6.45, 7) is 5.76. The summed E-state index contributed by atoms with van der Waals surface area (Å²) in [5.41, 5.74) is 10.2. The molecule has 0 radical (unpaired) electrons. The number of rotatable bonds is 8. The van der Waals surface area contributed by atoms with Crippen LogP contribution in [0.2, 0.25) is 0 Å². The second-order valence-electron chi connectivity index (χ2n) is 10.5. The summed E-state index contributed by atoms with van der Waals surface area (Å²) in [6.07, 6.45) is 13.8. The molecule has 10 nitrogen and oxygen atoms in total. The molecule has 38 heavy (non-hydrogen) atoms. The Hall–Kier alpha value is -3.50. The molecule has 0 saturated carbocycles. The van der Waals surface area contributed by atoms with Crippen molar-refractivity contribution in [3.05, 3.63) is 58.3 Å². The lowest BCUT2D eigenvalue weighted by molar-refractivity contribution is 0.0483. The van der Waals surface area contributed by atoms with Gasteiger partial charge in [-0.05, 0) is 74.2 Å². The van der Waals surface area contributed by atoms with Crippen molar-refractivity contribution in [1.82, 2.24) is 29.4 Å². The number of anilines is 1. The van der Waals surface area contributed by atoms with Crippen LogP contribution in [0.4, 0.5) is 5.82 Å². The topological polar surface area (TPSA) is 124 Å². The van der Waals surface area contributed by atoms with E-state index in [1.54, 1.807) is 4.57 Å². The number of nitrogens with two attached hydrogens (primary N) is 1. The Balaban J connectivity index is 1.11. The number of aromatic nitrogens is 5. The van der Waals surface area contributed by atoms with E-state index in [9.17, 15) is 4.79 Å². The Morgan fingerprint density at radius 3 is 2.74 bits per heavy atom. The molecule has 1 unspecified atom stereocenters. The number of ether oxygens (including phenoxy) is 2. The maximum atomic E-state index is 12.8. The van der Waals surface area contributed by atoms with Gasteiger partial charge in [0, 0.05) is 32.5 Å². The van der Waals surface area contributed by atoms with Crippen LogP contribution in [0.25, 0.3) is 16.7 Å². The normalized spacial score (nSPS) is 20.7. The lowest BCUT2D eigenvalue weighted by Crippen LogP contribution is -2.23. The summed E-state index contributed by atoms with van der Waals surface area (Å²) in [5, 5.41) is 0. The number of pyridine rings is 1. The number of fused-ring (bicyclic) bond motifs is 1. The predicted octanol–water partition coefficient (Wildman–Crippen LogP) is 3.16. The van der Waals surface area contributed by atoms with Crippen molar-refractivity contribution in [3.63, 3.8) is 0 Å². The van der Waals surface area contributed by atoms with Gasteiger partial charge in [-0.25, -0.2) is 4.79 Å². The molecule has 3 aromatic rings. The molecule has 0 amide bonds. The maximum absolute atomic E-state index is 12.8. The lowest BCUT2D eigenvalue weighted by Gasteiger charge is -2.21. The molecule has 0 bridgehead atoms. The average molecular weight is 518 g/mol. The summed E-state index contributed by atoms with van der Waals surface area (Å²) in [4.78, 5) is 31.6. The van der Waals surface area contributed by atoms with Crippen LogP contribution in [0, 0.1) is 11.8 Å². The molecule has 3 aliphatic rings. The highest BCUT2D eigenvalue weighted by molar-refractivity contribution is 5.82. The molecule has 0 aromatic carbocycles. The smallest absolute Gasteiger partial charge is 0.327 e. The van der Waals surface area contributed by atoms with Crippen molar-refractivity contribution in [2.45, 2.75) is 45.2 Å². The molecule has 0 spiro atoms. The number of nitrogen functional groups attached to an aromatic ring is 1. The zero-order valence-corrected chi connectivity index (χ0v) is 21.6. The Morgan fingerprint density at radius 2 is 2.00 bits per heavy atom. The van der Waals surface area contributed by atoms with Crippen LogP contribution < -0.4 is 16.2 Å². The van der Waals surface area contributed by atoms with Gasteiger partial charge in [-0.2, -0.15) is 9.97 Å². The third kappa shape index (κ3) is 5.51. The summed E-state index contributed by atoms with van der Waals surface area (Å²) in [6, 6.07) is 4.49. The molecule has 2 saturated heterocycles. The fraction of sp³-hybridized carbons (Fsp3) is 0.500. The van der Waals surface area contributed by atoms with Gasteiger partial charge in [-0.3, -0.25) is 14.5 Å². The van der Waals surface area contributed by atoms with Gasteiger partial charge < -0.3 is 20.2 Å². The van der Waals surface area contributed by atoms with Crippen LogP contribution in [-0.4, -0.2) is 62.3 Å². The van der Waals surface area contributed by atoms with E-state index in [1.165, 1.54) is 25.9 Å². The molecule has 5 heterocycles. The molecular weight excluding hydrogens is 482 g/mol. The molecular formula is C28H35N7O3. The van der Waals surface area contributed by atoms with E-state index in [0.29, 0.717) is 30.2 Å². The van der Waals surface area contributed by atoms with Crippen LogP contribution in [0.5, 0.6) is 6.01 Å². The molecule has 1 atom stereocenters. The van der Waals surface area contributed by atoms with Crippen molar-refractivity contribution in [2.75, 3.05) is 38.6 Å². The Bertz CT molecular complexity index is 1380. The molecule has 2 aliphatic heterocycles. The Kier molecular flexibility index (Phi) is 7.24. The van der Waals surface area contributed by atoms with E-state index in [0.717, 1.165) is 55.9 Å². The number of allylic oxidation sites excluding steroid dienone is 4. The highest BCUT2D eigenvalue weighted by Gasteiger charge is 2.20. The summed E-state index contributed by atoms with van der Waals surface area (Å²) < 4.78 is 12.9. The number of hydrogen-bond donors (Lipinski definition) is 2. The number of imidazole rings is 1. The van der Waals surface area contributed by atoms with Gasteiger partial charge in [-0.1, -0.05) is 24.3 Å². The zero-order valence-electron chi connectivity index (χ0n) is 21.6. The molecule has 3 N–H and O–H groups in total. The minimum absolute atomic E-state index is 0.153. The minimum atomic E-state index is -0.247. The molecule has 1 aliphatic carbocycles. The third-order valence-electron chi connectivity index (χ3n) is 7.77. The van der Waals surface area contributed by atoms with Crippen LogP contribution in [0.15, 0.2) is 41.4 Å². The van der Waals surface area contributed by atoms with Gasteiger partial charge in [0.05, 0.1) is 12.3 Å². The molecule has 6 rings (SSSR count). The molecule has 200 valence electrons. The summed E-state index contributed by atoms with van der Waals surface area (Å²) in [7, 11) is 0. The van der Waals surface area contributed by atoms with Gasteiger partial charge in [0.15, 0.2) is 11.5 Å². The van der Waals surface area contributed by atoms with Crippen LogP contribution in [0.3, 0.4) is 0 Å². The monoisotopic (exact) mass is 517 g/mol. The SMILES string of the molecule is Nc1nc(OCC2CCOCC2)nc2c1[nH]c(=O)n2CC1C=CC(c2ccc(CN3CCCC3)nc2)=CC1. The van der Waals surface area contributed by atoms with E-state index in [1.807, 2.05) is 6.20 Å². The Labute approximate surface area is 221 Å². The fourth-order valence-corrected chi connectivity index (χ4v) is 5.48. The highest BCUT2D eigenvalue weighted by Crippen LogP contribution is 2.27. The first-order chi connectivity index (χ1) is 18.6. The van der Waals surface area contributed by atoms with Crippen molar-refractivity contribution in [2.24, 2.45) is 11.8 Å². The van der Waals surface area contributed by atoms with Crippen molar-refractivity contribution < 1.29 is 9.47 Å². The molecule has 3 aromatic heterocycles. The van der Waals surface area contributed by atoms with E-state index in [2.05, 4.69) is 50.2 Å². The number of nitrogens with zero attached hydrogens (tertiary/aromatic N) is 5. The van der Waals surface area contributed by atoms with Crippen molar-refractivity contribution in [3.8, 4) is 6.01 Å². The quantitative estimate of drug-likeness (QED) is 0.467. The van der Waals surface area contributed by atoms with E-state index < -0.39 is 0 Å². The first-order valence-corrected chi connectivity index (χ1v) is 13.6. The highest BCUT2D eigenvalue weighted by atomic mass is 16.5. The van der Waals surface area contributed by atoms with Gasteiger partial charge in [-0.15, -0.1) is 0 Å². The van der Waals surface area contributed by atoms with Gasteiger partial charge in [0.1, 0.15) is 5.52 Å². The van der Waals surface area contributed by atoms with Crippen LogP contribution in [0.1, 0.15) is 43.4 Å². The van der Waals surface area contributed by atoms with Crippen molar-refractivity contribution in [1.29, 1.82) is 0 Å². The van der Waals surface area contributed by atoms with Crippen LogP contribution >= 0.6 is 0 Å². The number of aromatic amines is 1. The lowest BCUT2D eigenvalue weighted by atomic mass is 9.93. The molecule has 2 fully saturated rings. The summed E-state index contributed by atoms with van der Waals surface area (Å²) >= 11 is 0. The predicted molar refractivity (Wildman–Crippen MR) is 146 cm³/mol. The van der Waals surface area contributed by atoms with E-state index >= 15 is 0 Å². The van der Waals surface area contributed by atoms with E-state index in [4.69, 9.17) is 20.2 Å². The first kappa shape index (κ1) is 24.8. The third-order valence-corrected chi connectivity index (χ3v) is 7.77. The van der Waals surface area contributed by atoms with Gasteiger partial charge >= 0.3 is 11.7 Å². The second-order valence-corrected chi connectivity index (χ2v) is 10.5. The number of hydrogen-bond acceptors (Lipinski definition) is 8. The zero-order chi connectivity index (χ0) is 25.9. The second kappa shape index (κ2) is 11.1. The number of likely N-dealkylation sites (tertiary alicyclic amines) is 1. The van der Waals surface area contributed by atoms with Crippen LogP contribution in [-0.2, 0) is 17.8 Å². The largest absolute Gasteiger partial charge is 0.463 e. The standard InChI is InChI=1S/C28H35N7O3/c29-25-24-26(33-27(32-25)38-18-20-9-13-37-14-10-20)35(28(36)31-24)16-19-3-5-21(6-4-19)22-7-8-23(30-15-22)17-34-11-1-2-12-34/h3,5-8,15,19-20H,1-2,4,9-14,16-18H2,(H,31,36)(H2,29,32,33). The summed E-state index contributed by atoms with van der Waals surface area (Å²) in [5.74, 6) is 0.776. The van der Waals surface area contributed by atoms with Gasteiger partial charge in [0.25, 0.3) is 0 Å². The number of nitrogens with one attached hydrogen (secondary N) is 1. The van der Waals surface area contributed by atoms with E-state index in [-0.39, 0.29) is 23.4 Å². The maximum Gasteiger partial charge on any atom is 0.327 e. The van der Waals surface area contributed by atoms with Crippen molar-refractivity contribution >= 4 is 22.6 Å².